The van der Waals surface area contributed by atoms with E-state index in [1.807, 2.05) is 12.1 Å². The minimum absolute atomic E-state index is 0.0689. The monoisotopic (exact) mass is 211 g/mol. The van der Waals surface area contributed by atoms with Gasteiger partial charge in [-0.2, -0.15) is 0 Å². The largest absolute Gasteiger partial charge is 0.468 e. The van der Waals surface area contributed by atoms with Crippen molar-refractivity contribution in [3.63, 3.8) is 0 Å². The van der Waals surface area contributed by atoms with E-state index in [-0.39, 0.29) is 12.6 Å². The van der Waals surface area contributed by atoms with Crippen LogP contribution >= 0.6 is 0 Å². The predicted molar refractivity (Wildman–Crippen MR) is 60.6 cm³/mol. The molecule has 3 heteroatoms. The maximum Gasteiger partial charge on any atom is 0.123 e. The number of furan rings is 1. The second-order valence-corrected chi connectivity index (χ2v) is 3.84. The molecular formula is C12H21NO2. The fourth-order valence-corrected chi connectivity index (χ4v) is 1.63. The Bertz CT molecular complexity index is 242. The summed E-state index contributed by atoms with van der Waals surface area (Å²) in [7, 11) is 0. The molecule has 0 aliphatic carbocycles. The fourth-order valence-electron chi connectivity index (χ4n) is 1.63. The van der Waals surface area contributed by atoms with Crippen LogP contribution in [0.25, 0.3) is 0 Å². The molecule has 1 unspecified atom stereocenters. The third kappa shape index (κ3) is 3.68. The molecule has 3 nitrogen and oxygen atoms in total. The molecule has 0 aliphatic rings. The third-order valence-corrected chi connectivity index (χ3v) is 2.88. The molecule has 0 spiro atoms. The maximum absolute atomic E-state index is 9.23. The molecular weight excluding hydrogens is 190 g/mol. The zero-order valence-corrected chi connectivity index (χ0v) is 9.57. The quantitative estimate of drug-likeness (QED) is 0.727. The van der Waals surface area contributed by atoms with Gasteiger partial charge in [0.25, 0.3) is 0 Å². The Balaban J connectivity index is 2.41. The lowest BCUT2D eigenvalue weighted by Crippen LogP contribution is -2.29. The van der Waals surface area contributed by atoms with Gasteiger partial charge in [-0.3, -0.25) is 0 Å². The lowest BCUT2D eigenvalue weighted by molar-refractivity contribution is 0.219. The molecule has 0 bridgehead atoms. The highest BCUT2D eigenvalue weighted by molar-refractivity contribution is 5.04. The van der Waals surface area contributed by atoms with E-state index < -0.39 is 0 Å². The number of hydrogen-bond acceptors (Lipinski definition) is 3. The van der Waals surface area contributed by atoms with E-state index >= 15 is 0 Å². The smallest absolute Gasteiger partial charge is 0.123 e. The molecule has 0 fully saturated rings. The summed E-state index contributed by atoms with van der Waals surface area (Å²) in [5.41, 5.74) is 0. The summed E-state index contributed by atoms with van der Waals surface area (Å²) in [6.07, 6.45) is 3.97. The summed E-state index contributed by atoms with van der Waals surface area (Å²) in [6, 6.07) is 3.66. The average Bonchev–Trinajstić information content (AvgIpc) is 2.78. The van der Waals surface area contributed by atoms with Gasteiger partial charge in [0, 0.05) is 0 Å². The Hall–Kier alpha value is -0.800. The van der Waals surface area contributed by atoms with Crippen LogP contribution in [0.1, 0.15) is 38.5 Å². The van der Waals surface area contributed by atoms with Crippen molar-refractivity contribution in [1.82, 2.24) is 5.32 Å². The average molecular weight is 211 g/mol. The first-order valence-corrected chi connectivity index (χ1v) is 5.69. The summed E-state index contributed by atoms with van der Waals surface area (Å²) in [6.45, 7) is 5.39. The van der Waals surface area contributed by atoms with Gasteiger partial charge < -0.3 is 14.8 Å². The molecule has 1 aromatic rings. The van der Waals surface area contributed by atoms with Gasteiger partial charge in [-0.25, -0.2) is 0 Å². The summed E-state index contributed by atoms with van der Waals surface area (Å²) >= 11 is 0. The Morgan fingerprint density at radius 3 is 2.60 bits per heavy atom. The van der Waals surface area contributed by atoms with Crippen molar-refractivity contribution >= 4 is 0 Å². The molecule has 0 radical (unpaired) electrons. The minimum atomic E-state index is -0.0689. The molecule has 1 atom stereocenters. The first kappa shape index (κ1) is 12.3. The van der Waals surface area contributed by atoms with Gasteiger partial charge in [-0.05, 0) is 24.6 Å². The number of aliphatic hydroxyl groups excluding tert-OH is 1. The van der Waals surface area contributed by atoms with Gasteiger partial charge in [0.2, 0.25) is 0 Å². The molecule has 1 aromatic heterocycles. The molecule has 2 N–H and O–H groups in total. The van der Waals surface area contributed by atoms with Crippen molar-refractivity contribution < 1.29 is 9.52 Å². The van der Waals surface area contributed by atoms with Crippen LogP contribution in [-0.2, 0) is 0 Å². The summed E-state index contributed by atoms with van der Waals surface area (Å²) in [5.74, 6) is 1.48. The minimum Gasteiger partial charge on any atom is -0.468 e. The first-order valence-electron chi connectivity index (χ1n) is 5.69. The topological polar surface area (TPSA) is 45.4 Å². The number of hydrogen-bond donors (Lipinski definition) is 2. The molecule has 15 heavy (non-hydrogen) atoms. The van der Waals surface area contributed by atoms with Gasteiger partial charge in [-0.15, -0.1) is 0 Å². The third-order valence-electron chi connectivity index (χ3n) is 2.88. The van der Waals surface area contributed by atoms with E-state index in [1.165, 1.54) is 12.8 Å². The number of aliphatic hydroxyl groups is 1. The van der Waals surface area contributed by atoms with Crippen LogP contribution in [0.3, 0.4) is 0 Å². The standard InChI is InChI=1S/C12H21NO2/c1-3-10(4-2)8-13-11(9-14)12-6-5-7-15-12/h5-7,10-11,13-14H,3-4,8-9H2,1-2H3. The molecule has 1 rings (SSSR count). The second-order valence-electron chi connectivity index (χ2n) is 3.84. The zero-order chi connectivity index (χ0) is 11.1. The molecule has 0 amide bonds. The van der Waals surface area contributed by atoms with Gasteiger partial charge in [0.05, 0.1) is 18.9 Å². The second kappa shape index (κ2) is 6.64. The molecule has 1 heterocycles. The number of nitrogens with one attached hydrogen (secondary N) is 1. The van der Waals surface area contributed by atoms with Crippen LogP contribution in [0.4, 0.5) is 0 Å². The Kier molecular flexibility index (Phi) is 5.43. The summed E-state index contributed by atoms with van der Waals surface area (Å²) in [4.78, 5) is 0. The molecule has 0 aliphatic heterocycles. The zero-order valence-electron chi connectivity index (χ0n) is 9.57. The first-order chi connectivity index (χ1) is 7.31. The number of rotatable bonds is 7. The fraction of sp³-hybridized carbons (Fsp3) is 0.667. The lowest BCUT2D eigenvalue weighted by atomic mass is 10.0. The normalized spacial score (nSPS) is 13.3. The van der Waals surface area contributed by atoms with E-state index in [4.69, 9.17) is 4.42 Å². The Morgan fingerprint density at radius 2 is 2.13 bits per heavy atom. The van der Waals surface area contributed by atoms with E-state index in [9.17, 15) is 5.11 Å². The summed E-state index contributed by atoms with van der Waals surface area (Å²) in [5, 5.41) is 12.6. The van der Waals surface area contributed by atoms with Crippen molar-refractivity contribution in [3.8, 4) is 0 Å². The molecule has 0 saturated heterocycles. The van der Waals surface area contributed by atoms with E-state index in [1.54, 1.807) is 6.26 Å². The van der Waals surface area contributed by atoms with Crippen molar-refractivity contribution in [1.29, 1.82) is 0 Å². The SMILES string of the molecule is CCC(CC)CNC(CO)c1ccco1. The Labute approximate surface area is 91.5 Å². The van der Waals surface area contributed by atoms with E-state index in [0.717, 1.165) is 12.3 Å². The van der Waals surface area contributed by atoms with Crippen molar-refractivity contribution in [2.45, 2.75) is 32.7 Å². The van der Waals surface area contributed by atoms with Crippen LogP contribution in [0.5, 0.6) is 0 Å². The molecule has 86 valence electrons. The highest BCUT2D eigenvalue weighted by atomic mass is 16.3. The van der Waals surface area contributed by atoms with Crippen LogP contribution in [0, 0.1) is 5.92 Å². The van der Waals surface area contributed by atoms with Gasteiger partial charge in [0.1, 0.15) is 5.76 Å². The van der Waals surface area contributed by atoms with Crippen LogP contribution < -0.4 is 5.32 Å². The maximum atomic E-state index is 9.23. The Morgan fingerprint density at radius 1 is 1.40 bits per heavy atom. The highest BCUT2D eigenvalue weighted by Gasteiger charge is 2.13. The van der Waals surface area contributed by atoms with Gasteiger partial charge in [-0.1, -0.05) is 26.7 Å². The van der Waals surface area contributed by atoms with Crippen molar-refractivity contribution in [3.05, 3.63) is 24.2 Å². The highest BCUT2D eigenvalue weighted by Crippen LogP contribution is 2.14. The molecule has 0 aromatic carbocycles. The van der Waals surface area contributed by atoms with E-state index in [2.05, 4.69) is 19.2 Å². The van der Waals surface area contributed by atoms with Crippen LogP contribution in [-0.4, -0.2) is 18.3 Å². The molecule has 0 saturated carbocycles. The van der Waals surface area contributed by atoms with Crippen molar-refractivity contribution in [2.75, 3.05) is 13.2 Å². The van der Waals surface area contributed by atoms with Gasteiger partial charge in [0.15, 0.2) is 0 Å². The van der Waals surface area contributed by atoms with Crippen LogP contribution in [0.2, 0.25) is 0 Å². The van der Waals surface area contributed by atoms with Crippen LogP contribution in [0.15, 0.2) is 22.8 Å². The summed E-state index contributed by atoms with van der Waals surface area (Å²) < 4.78 is 5.26. The van der Waals surface area contributed by atoms with Gasteiger partial charge >= 0.3 is 0 Å². The predicted octanol–water partition coefficient (Wildman–Crippen LogP) is 2.34. The van der Waals surface area contributed by atoms with E-state index in [0.29, 0.717) is 5.92 Å². The lowest BCUT2D eigenvalue weighted by Gasteiger charge is -2.18. The van der Waals surface area contributed by atoms with Crippen molar-refractivity contribution in [2.24, 2.45) is 5.92 Å².